The number of carbonyl (C=O) groups excluding carboxylic acids is 1. The summed E-state index contributed by atoms with van der Waals surface area (Å²) in [6.45, 7) is 3.68. The van der Waals surface area contributed by atoms with Gasteiger partial charge >= 0.3 is 0 Å². The van der Waals surface area contributed by atoms with Crippen LogP contribution in [0.15, 0.2) is 36.4 Å². The minimum absolute atomic E-state index is 0.132. The number of hydrogen-bond donors (Lipinski definition) is 0. The lowest BCUT2D eigenvalue weighted by Crippen LogP contribution is -2.33. The highest BCUT2D eigenvalue weighted by Gasteiger charge is 2.20. The number of halogens is 1. The molecule has 0 atom stereocenters. The lowest BCUT2D eigenvalue weighted by Gasteiger charge is -2.23. The van der Waals surface area contributed by atoms with Gasteiger partial charge in [0.1, 0.15) is 19.0 Å². The summed E-state index contributed by atoms with van der Waals surface area (Å²) in [5.74, 6) is 1.66. The summed E-state index contributed by atoms with van der Waals surface area (Å²) in [5.41, 5.74) is 1.44. The van der Waals surface area contributed by atoms with Crippen molar-refractivity contribution in [2.24, 2.45) is 0 Å². The van der Waals surface area contributed by atoms with Crippen LogP contribution in [0.2, 0.25) is 5.02 Å². The van der Waals surface area contributed by atoms with Gasteiger partial charge < -0.3 is 19.1 Å². The Morgan fingerprint density at radius 1 is 1.25 bits per heavy atom. The van der Waals surface area contributed by atoms with Gasteiger partial charge in [0, 0.05) is 12.2 Å². The van der Waals surface area contributed by atoms with Gasteiger partial charge in [-0.3, -0.25) is 4.79 Å². The highest BCUT2D eigenvalue weighted by atomic mass is 35.5. The van der Waals surface area contributed by atoms with Gasteiger partial charge in [-0.1, -0.05) is 11.6 Å². The molecule has 0 unspecified atom stereocenters. The third-order valence-corrected chi connectivity index (χ3v) is 4.50. The maximum absolute atomic E-state index is 13.0. The molecule has 0 aliphatic carbocycles. The van der Waals surface area contributed by atoms with Gasteiger partial charge in [0.2, 0.25) is 5.91 Å². The molecule has 1 aliphatic rings. The summed E-state index contributed by atoms with van der Waals surface area (Å²) in [6.07, 6.45) is 0.371. The van der Waals surface area contributed by atoms with Gasteiger partial charge in [-0.25, -0.2) is 0 Å². The van der Waals surface area contributed by atoms with E-state index in [4.69, 9.17) is 31.1 Å². The number of benzene rings is 2. The van der Waals surface area contributed by atoms with Crippen molar-refractivity contribution in [2.75, 3.05) is 31.3 Å². The number of hydrogen-bond acceptors (Lipinski definition) is 5. The Morgan fingerprint density at radius 3 is 2.71 bits per heavy atom. The Hall–Kier alpha value is -2.91. The average molecular weight is 401 g/mol. The van der Waals surface area contributed by atoms with E-state index in [2.05, 4.69) is 6.07 Å². The van der Waals surface area contributed by atoms with E-state index in [1.165, 1.54) is 0 Å². The van der Waals surface area contributed by atoms with Gasteiger partial charge in [0.15, 0.2) is 11.5 Å². The summed E-state index contributed by atoms with van der Waals surface area (Å²) in [4.78, 5) is 14.6. The molecule has 0 bridgehead atoms. The number of amides is 1. The SMILES string of the molecule is CCOc1ccc(N(CCC#N)C(=O)Cc2cc(Cl)c3c(c2)OCCO3)cc1. The van der Waals surface area contributed by atoms with Crippen LogP contribution in [0.5, 0.6) is 17.2 Å². The van der Waals surface area contributed by atoms with E-state index in [9.17, 15) is 4.79 Å². The van der Waals surface area contributed by atoms with Gasteiger partial charge in [-0.05, 0) is 48.9 Å². The number of rotatable bonds is 7. The van der Waals surface area contributed by atoms with Crippen LogP contribution in [0.1, 0.15) is 18.9 Å². The third-order valence-electron chi connectivity index (χ3n) is 4.22. The number of fused-ring (bicyclic) bond motifs is 1. The topological polar surface area (TPSA) is 71.8 Å². The molecule has 1 heterocycles. The van der Waals surface area contributed by atoms with Crippen molar-refractivity contribution < 1.29 is 19.0 Å². The largest absolute Gasteiger partial charge is 0.494 e. The molecule has 1 amide bonds. The summed E-state index contributed by atoms with van der Waals surface area (Å²) in [6, 6.07) is 12.8. The number of nitrogens with zero attached hydrogens (tertiary/aromatic N) is 2. The molecule has 2 aromatic carbocycles. The molecule has 3 rings (SSSR count). The van der Waals surface area contributed by atoms with Crippen molar-refractivity contribution in [3.63, 3.8) is 0 Å². The van der Waals surface area contributed by atoms with Crippen LogP contribution in [-0.4, -0.2) is 32.3 Å². The lowest BCUT2D eigenvalue weighted by atomic mass is 10.1. The van der Waals surface area contributed by atoms with Gasteiger partial charge in [0.05, 0.1) is 30.5 Å². The lowest BCUT2D eigenvalue weighted by molar-refractivity contribution is -0.118. The van der Waals surface area contributed by atoms with E-state index in [-0.39, 0.29) is 18.7 Å². The van der Waals surface area contributed by atoms with Crippen LogP contribution in [0, 0.1) is 11.3 Å². The highest BCUT2D eigenvalue weighted by molar-refractivity contribution is 6.32. The number of nitriles is 1. The Kier molecular flexibility index (Phi) is 6.62. The van der Waals surface area contributed by atoms with Crippen molar-refractivity contribution in [3.05, 3.63) is 47.0 Å². The van der Waals surface area contributed by atoms with Crippen molar-refractivity contribution in [2.45, 2.75) is 19.8 Å². The molecule has 28 heavy (non-hydrogen) atoms. The molecular weight excluding hydrogens is 380 g/mol. The van der Waals surface area contributed by atoms with Crippen LogP contribution < -0.4 is 19.1 Å². The zero-order valence-electron chi connectivity index (χ0n) is 15.6. The van der Waals surface area contributed by atoms with Gasteiger partial charge in [-0.2, -0.15) is 5.26 Å². The number of carbonyl (C=O) groups is 1. The molecule has 1 aliphatic heterocycles. The maximum atomic E-state index is 13.0. The van der Waals surface area contributed by atoms with E-state index in [0.29, 0.717) is 48.6 Å². The fourth-order valence-electron chi connectivity index (χ4n) is 2.98. The predicted octanol–water partition coefficient (Wildman–Crippen LogP) is 4.00. The van der Waals surface area contributed by atoms with Crippen molar-refractivity contribution in [3.8, 4) is 23.3 Å². The molecule has 0 saturated carbocycles. The molecule has 0 N–H and O–H groups in total. The number of anilines is 1. The molecule has 0 spiro atoms. The van der Waals surface area contributed by atoms with Crippen molar-refractivity contribution in [1.29, 1.82) is 5.26 Å². The van der Waals surface area contributed by atoms with Crippen LogP contribution in [-0.2, 0) is 11.2 Å². The third kappa shape index (κ3) is 4.68. The standard InChI is InChI=1S/C21H21ClN2O4/c1-2-26-17-6-4-16(5-7-17)24(9-3-8-23)20(25)14-15-12-18(22)21-19(13-15)27-10-11-28-21/h4-7,12-13H,2-3,9-11,14H2,1H3. The van der Waals surface area contributed by atoms with Gasteiger partial charge in [0.25, 0.3) is 0 Å². The smallest absolute Gasteiger partial charge is 0.231 e. The van der Waals surface area contributed by atoms with E-state index in [1.807, 2.05) is 31.2 Å². The molecule has 146 valence electrons. The predicted molar refractivity (Wildman–Crippen MR) is 106 cm³/mol. The van der Waals surface area contributed by atoms with E-state index >= 15 is 0 Å². The monoisotopic (exact) mass is 400 g/mol. The fraction of sp³-hybridized carbons (Fsp3) is 0.333. The van der Waals surface area contributed by atoms with Crippen LogP contribution in [0.4, 0.5) is 5.69 Å². The van der Waals surface area contributed by atoms with E-state index in [0.717, 1.165) is 11.3 Å². The second-order valence-electron chi connectivity index (χ2n) is 6.16. The maximum Gasteiger partial charge on any atom is 0.231 e. The van der Waals surface area contributed by atoms with Crippen LogP contribution in [0.3, 0.4) is 0 Å². The van der Waals surface area contributed by atoms with Gasteiger partial charge in [-0.15, -0.1) is 0 Å². The minimum atomic E-state index is -0.132. The second-order valence-corrected chi connectivity index (χ2v) is 6.57. The minimum Gasteiger partial charge on any atom is -0.494 e. The first-order valence-corrected chi connectivity index (χ1v) is 9.48. The average Bonchev–Trinajstić information content (AvgIpc) is 2.70. The summed E-state index contributed by atoms with van der Waals surface area (Å²) in [7, 11) is 0. The Morgan fingerprint density at radius 2 is 2.00 bits per heavy atom. The summed E-state index contributed by atoms with van der Waals surface area (Å²) in [5, 5.41) is 9.38. The van der Waals surface area contributed by atoms with Crippen LogP contribution in [0.25, 0.3) is 0 Å². The first-order valence-electron chi connectivity index (χ1n) is 9.10. The summed E-state index contributed by atoms with van der Waals surface area (Å²) < 4.78 is 16.5. The molecule has 7 heteroatoms. The zero-order chi connectivity index (χ0) is 19.9. The molecular formula is C21H21ClN2O4. The van der Waals surface area contributed by atoms with Crippen LogP contribution >= 0.6 is 11.6 Å². The Labute approximate surface area is 169 Å². The van der Waals surface area contributed by atoms with E-state index in [1.54, 1.807) is 17.0 Å². The number of ether oxygens (including phenoxy) is 3. The zero-order valence-corrected chi connectivity index (χ0v) is 16.4. The van der Waals surface area contributed by atoms with Crippen molar-refractivity contribution >= 4 is 23.2 Å². The van der Waals surface area contributed by atoms with E-state index < -0.39 is 0 Å². The summed E-state index contributed by atoms with van der Waals surface area (Å²) >= 11 is 6.27. The fourth-order valence-corrected chi connectivity index (χ4v) is 3.27. The molecule has 2 aromatic rings. The Bertz CT molecular complexity index is 877. The van der Waals surface area contributed by atoms with Crippen molar-refractivity contribution in [1.82, 2.24) is 0 Å². The molecule has 0 radical (unpaired) electrons. The normalized spacial score (nSPS) is 12.2. The first-order chi connectivity index (χ1) is 13.6. The quantitative estimate of drug-likeness (QED) is 0.702. The Balaban J connectivity index is 1.80. The molecule has 6 nitrogen and oxygen atoms in total. The first kappa shape index (κ1) is 19.8. The molecule has 0 aromatic heterocycles. The second kappa shape index (κ2) is 9.34. The molecule has 0 saturated heterocycles. The highest BCUT2D eigenvalue weighted by Crippen LogP contribution is 2.38. The molecule has 0 fully saturated rings.